The van der Waals surface area contributed by atoms with Gasteiger partial charge < -0.3 is 10.2 Å². The number of anilines is 1. The summed E-state index contributed by atoms with van der Waals surface area (Å²) in [5.74, 6) is 0.782. The van der Waals surface area contributed by atoms with Crippen LogP contribution in [0.4, 0.5) is 10.5 Å². The van der Waals surface area contributed by atoms with Crippen LogP contribution >= 0.6 is 11.3 Å². The molecule has 0 bridgehead atoms. The standard InChI is InChI=1S/C17H23N5OS/c1-3-16-18-10-15(11-19-16)20-17(23)22-7-5-21(6-8-22)13(2)14-4-9-24-12-14/h4,9-13H,3,5-8H2,1-2H3,(H,20,23)/t13-/m0/s1. The molecule has 1 aliphatic rings. The van der Waals surface area contributed by atoms with Crippen LogP contribution in [0, 0.1) is 0 Å². The lowest BCUT2D eigenvalue weighted by Gasteiger charge is -2.37. The summed E-state index contributed by atoms with van der Waals surface area (Å²) in [7, 11) is 0. The van der Waals surface area contributed by atoms with Gasteiger partial charge in [-0.2, -0.15) is 11.3 Å². The number of rotatable bonds is 4. The van der Waals surface area contributed by atoms with Crippen molar-refractivity contribution in [2.75, 3.05) is 31.5 Å². The molecule has 0 aliphatic carbocycles. The van der Waals surface area contributed by atoms with E-state index < -0.39 is 0 Å². The Labute approximate surface area is 146 Å². The minimum Gasteiger partial charge on any atom is -0.322 e. The number of aromatic nitrogens is 2. The summed E-state index contributed by atoms with van der Waals surface area (Å²) in [5, 5.41) is 7.19. The third-order valence-electron chi connectivity index (χ3n) is 4.45. The first-order chi connectivity index (χ1) is 11.7. The predicted octanol–water partition coefficient (Wildman–Crippen LogP) is 3.01. The molecule has 3 rings (SSSR count). The number of carbonyl (C=O) groups is 1. The molecule has 1 aliphatic heterocycles. The minimum atomic E-state index is -0.0781. The second kappa shape index (κ2) is 7.72. The van der Waals surface area contributed by atoms with Crippen molar-refractivity contribution >= 4 is 23.1 Å². The highest BCUT2D eigenvalue weighted by molar-refractivity contribution is 7.07. The smallest absolute Gasteiger partial charge is 0.322 e. The van der Waals surface area contributed by atoms with Crippen LogP contribution in [-0.4, -0.2) is 52.0 Å². The molecule has 6 nitrogen and oxygen atoms in total. The molecule has 24 heavy (non-hydrogen) atoms. The van der Waals surface area contributed by atoms with Crippen molar-refractivity contribution in [1.82, 2.24) is 19.8 Å². The SMILES string of the molecule is CCc1ncc(NC(=O)N2CCN([C@@H](C)c3ccsc3)CC2)cn1. The largest absolute Gasteiger partial charge is 0.322 e. The topological polar surface area (TPSA) is 61.4 Å². The molecule has 3 heterocycles. The van der Waals surface area contributed by atoms with Crippen LogP contribution in [0.3, 0.4) is 0 Å². The molecule has 128 valence electrons. The van der Waals surface area contributed by atoms with Crippen molar-refractivity contribution in [3.63, 3.8) is 0 Å². The van der Waals surface area contributed by atoms with Crippen LogP contribution in [0.25, 0.3) is 0 Å². The van der Waals surface area contributed by atoms with Crippen LogP contribution in [-0.2, 0) is 6.42 Å². The van der Waals surface area contributed by atoms with E-state index in [1.807, 2.05) is 11.8 Å². The van der Waals surface area contributed by atoms with Gasteiger partial charge in [0.25, 0.3) is 0 Å². The Morgan fingerprint density at radius 1 is 1.29 bits per heavy atom. The summed E-state index contributed by atoms with van der Waals surface area (Å²) >= 11 is 1.73. The number of nitrogens with one attached hydrogen (secondary N) is 1. The van der Waals surface area contributed by atoms with Crippen LogP contribution in [0.15, 0.2) is 29.2 Å². The molecule has 2 amide bonds. The van der Waals surface area contributed by atoms with Crippen LogP contribution in [0.5, 0.6) is 0 Å². The van der Waals surface area contributed by atoms with Gasteiger partial charge in [0.05, 0.1) is 18.1 Å². The van der Waals surface area contributed by atoms with Crippen molar-refractivity contribution in [3.8, 4) is 0 Å². The summed E-state index contributed by atoms with van der Waals surface area (Å²) in [6.07, 6.45) is 4.12. The summed E-state index contributed by atoms with van der Waals surface area (Å²) in [6.45, 7) is 7.46. The molecule has 2 aromatic rings. The highest BCUT2D eigenvalue weighted by atomic mass is 32.1. The number of urea groups is 1. The van der Waals surface area contributed by atoms with Crippen LogP contribution < -0.4 is 5.32 Å². The van der Waals surface area contributed by atoms with E-state index in [-0.39, 0.29) is 6.03 Å². The Bertz CT molecular complexity index is 650. The van der Waals surface area contributed by atoms with Gasteiger partial charge in [-0.1, -0.05) is 6.92 Å². The molecule has 0 aromatic carbocycles. The maximum absolute atomic E-state index is 12.4. The number of piperazine rings is 1. The summed E-state index contributed by atoms with van der Waals surface area (Å²) < 4.78 is 0. The van der Waals surface area contributed by atoms with Crippen molar-refractivity contribution in [1.29, 1.82) is 0 Å². The number of thiophene rings is 1. The van der Waals surface area contributed by atoms with E-state index in [0.29, 0.717) is 11.7 Å². The zero-order chi connectivity index (χ0) is 16.9. The minimum absolute atomic E-state index is 0.0781. The molecule has 7 heteroatoms. The van der Waals surface area contributed by atoms with Crippen molar-refractivity contribution in [2.45, 2.75) is 26.3 Å². The highest BCUT2D eigenvalue weighted by Gasteiger charge is 2.25. The molecular weight excluding hydrogens is 322 g/mol. The summed E-state index contributed by atoms with van der Waals surface area (Å²) in [5.41, 5.74) is 2.00. The van der Waals surface area contributed by atoms with Crippen molar-refractivity contribution < 1.29 is 4.79 Å². The maximum atomic E-state index is 12.4. The molecule has 2 aromatic heterocycles. The van der Waals surface area contributed by atoms with Gasteiger partial charge in [-0.05, 0) is 29.3 Å². The van der Waals surface area contributed by atoms with Gasteiger partial charge in [0.15, 0.2) is 0 Å². The van der Waals surface area contributed by atoms with Gasteiger partial charge in [-0.3, -0.25) is 4.90 Å². The first kappa shape index (κ1) is 16.9. The van der Waals surface area contributed by atoms with Crippen molar-refractivity contribution in [3.05, 3.63) is 40.6 Å². The second-order valence-corrected chi connectivity index (χ2v) is 6.71. The monoisotopic (exact) mass is 345 g/mol. The predicted molar refractivity (Wildman–Crippen MR) is 96.3 cm³/mol. The number of hydrogen-bond donors (Lipinski definition) is 1. The third kappa shape index (κ3) is 3.91. The molecule has 1 atom stereocenters. The number of amides is 2. The zero-order valence-corrected chi connectivity index (χ0v) is 14.9. The molecule has 1 fully saturated rings. The van der Waals surface area contributed by atoms with Gasteiger partial charge in [-0.25, -0.2) is 14.8 Å². The molecular formula is C17H23N5OS. The fourth-order valence-electron chi connectivity index (χ4n) is 2.84. The second-order valence-electron chi connectivity index (χ2n) is 5.93. The first-order valence-electron chi connectivity index (χ1n) is 8.30. The van der Waals surface area contributed by atoms with E-state index in [4.69, 9.17) is 0 Å². The zero-order valence-electron chi connectivity index (χ0n) is 14.1. The summed E-state index contributed by atoms with van der Waals surface area (Å²) in [6, 6.07) is 2.50. The van der Waals surface area contributed by atoms with E-state index >= 15 is 0 Å². The van der Waals surface area contributed by atoms with Gasteiger partial charge in [0.1, 0.15) is 5.82 Å². The Kier molecular flexibility index (Phi) is 5.42. The Balaban J connectivity index is 1.51. The highest BCUT2D eigenvalue weighted by Crippen LogP contribution is 2.23. The third-order valence-corrected chi connectivity index (χ3v) is 5.15. The fourth-order valence-corrected chi connectivity index (χ4v) is 3.59. The van der Waals surface area contributed by atoms with Gasteiger partial charge in [-0.15, -0.1) is 0 Å². The number of hydrogen-bond acceptors (Lipinski definition) is 5. The first-order valence-corrected chi connectivity index (χ1v) is 9.24. The lowest BCUT2D eigenvalue weighted by atomic mass is 10.1. The van der Waals surface area contributed by atoms with E-state index in [1.165, 1.54) is 5.56 Å². The Morgan fingerprint density at radius 2 is 2.00 bits per heavy atom. The van der Waals surface area contributed by atoms with E-state index in [0.717, 1.165) is 38.4 Å². The normalized spacial score (nSPS) is 16.8. The Hall–Kier alpha value is -1.99. The van der Waals surface area contributed by atoms with Gasteiger partial charge >= 0.3 is 6.03 Å². The Morgan fingerprint density at radius 3 is 2.58 bits per heavy atom. The molecule has 0 unspecified atom stereocenters. The number of carbonyl (C=O) groups excluding carboxylic acids is 1. The number of aryl methyl sites for hydroxylation is 1. The van der Waals surface area contributed by atoms with E-state index in [2.05, 4.69) is 43.9 Å². The maximum Gasteiger partial charge on any atom is 0.322 e. The van der Waals surface area contributed by atoms with Crippen LogP contribution in [0.1, 0.15) is 31.3 Å². The quantitative estimate of drug-likeness (QED) is 0.925. The molecule has 0 spiro atoms. The van der Waals surface area contributed by atoms with E-state index in [9.17, 15) is 4.79 Å². The molecule has 1 N–H and O–H groups in total. The van der Waals surface area contributed by atoms with Gasteiger partial charge in [0, 0.05) is 38.6 Å². The average molecular weight is 345 g/mol. The molecule has 1 saturated heterocycles. The average Bonchev–Trinajstić information content (AvgIpc) is 3.16. The lowest BCUT2D eigenvalue weighted by Crippen LogP contribution is -2.50. The molecule has 0 saturated carbocycles. The van der Waals surface area contributed by atoms with E-state index in [1.54, 1.807) is 23.7 Å². The number of nitrogens with zero attached hydrogens (tertiary/aromatic N) is 4. The van der Waals surface area contributed by atoms with Gasteiger partial charge in [0.2, 0.25) is 0 Å². The fraction of sp³-hybridized carbons (Fsp3) is 0.471. The lowest BCUT2D eigenvalue weighted by molar-refractivity contribution is 0.119. The van der Waals surface area contributed by atoms with Crippen molar-refractivity contribution in [2.24, 2.45) is 0 Å². The van der Waals surface area contributed by atoms with Crippen LogP contribution in [0.2, 0.25) is 0 Å². The summed E-state index contributed by atoms with van der Waals surface area (Å²) in [4.78, 5) is 25.1. The molecule has 0 radical (unpaired) electrons.